The Balaban J connectivity index is 2.36. The Bertz CT molecular complexity index is 492. The number of nitrogens with zero attached hydrogens (tertiary/aromatic N) is 2. The molecule has 2 aromatic rings. The summed E-state index contributed by atoms with van der Waals surface area (Å²) in [6.07, 6.45) is 3.22. The number of benzene rings is 1. The quantitative estimate of drug-likeness (QED) is 0.780. The fraction of sp³-hybridized carbons (Fsp3) is 0.400. The van der Waals surface area contributed by atoms with Crippen LogP contribution in [0.3, 0.4) is 0 Å². The molecule has 0 bridgehead atoms. The molecule has 2 nitrogen and oxygen atoms in total. The molecule has 0 aliphatic carbocycles. The first kappa shape index (κ1) is 11.9. The van der Waals surface area contributed by atoms with Gasteiger partial charge in [-0.2, -0.15) is 5.10 Å². The van der Waals surface area contributed by atoms with Gasteiger partial charge < -0.3 is 0 Å². The number of aryl methyl sites for hydroxylation is 2. The minimum atomic E-state index is 0.527. The van der Waals surface area contributed by atoms with E-state index in [1.165, 1.54) is 11.1 Å². The Morgan fingerprint density at radius 2 is 1.82 bits per heavy atom. The Morgan fingerprint density at radius 1 is 1.18 bits per heavy atom. The van der Waals surface area contributed by atoms with Gasteiger partial charge in [-0.05, 0) is 42.5 Å². The second-order valence-corrected chi connectivity index (χ2v) is 4.79. The molecule has 0 atom stereocenters. The first-order chi connectivity index (χ1) is 8.11. The van der Waals surface area contributed by atoms with E-state index in [1.807, 2.05) is 4.68 Å². The summed E-state index contributed by atoms with van der Waals surface area (Å²) in [4.78, 5) is 0. The lowest BCUT2D eigenvalue weighted by Gasteiger charge is -2.02. The van der Waals surface area contributed by atoms with Crippen molar-refractivity contribution in [1.82, 2.24) is 9.78 Å². The maximum absolute atomic E-state index is 4.57. The third-order valence-electron chi connectivity index (χ3n) is 3.17. The van der Waals surface area contributed by atoms with Gasteiger partial charge in [-0.15, -0.1) is 0 Å². The molecule has 1 aromatic heterocycles. The van der Waals surface area contributed by atoms with Crippen LogP contribution < -0.4 is 0 Å². The van der Waals surface area contributed by atoms with Gasteiger partial charge in [-0.25, -0.2) is 4.68 Å². The van der Waals surface area contributed by atoms with Gasteiger partial charge in [0.15, 0.2) is 0 Å². The van der Waals surface area contributed by atoms with Crippen LogP contribution in [0.15, 0.2) is 30.5 Å². The van der Waals surface area contributed by atoms with E-state index < -0.39 is 0 Å². The number of hydrogen-bond acceptors (Lipinski definition) is 1. The van der Waals surface area contributed by atoms with Gasteiger partial charge in [0, 0.05) is 6.20 Å². The van der Waals surface area contributed by atoms with Crippen LogP contribution in [-0.2, 0) is 6.42 Å². The highest BCUT2D eigenvalue weighted by Gasteiger charge is 2.09. The molecule has 0 unspecified atom stereocenters. The monoisotopic (exact) mass is 228 g/mol. The summed E-state index contributed by atoms with van der Waals surface area (Å²) in [6, 6.07) is 8.60. The van der Waals surface area contributed by atoms with E-state index >= 15 is 0 Å². The predicted molar refractivity (Wildman–Crippen MR) is 71.8 cm³/mol. The summed E-state index contributed by atoms with van der Waals surface area (Å²) >= 11 is 0. The van der Waals surface area contributed by atoms with Gasteiger partial charge in [0.25, 0.3) is 0 Å². The summed E-state index contributed by atoms with van der Waals surface area (Å²) in [5.74, 6) is 0.527. The fourth-order valence-electron chi connectivity index (χ4n) is 2.06. The lowest BCUT2D eigenvalue weighted by atomic mass is 10.1. The maximum Gasteiger partial charge on any atom is 0.0645 e. The molecule has 17 heavy (non-hydrogen) atoms. The van der Waals surface area contributed by atoms with Crippen molar-refractivity contribution < 1.29 is 0 Å². The third-order valence-corrected chi connectivity index (χ3v) is 3.17. The predicted octanol–water partition coefficient (Wildman–Crippen LogP) is 3.87. The number of hydrogen-bond donors (Lipinski definition) is 0. The van der Waals surface area contributed by atoms with Crippen molar-refractivity contribution in [3.63, 3.8) is 0 Å². The van der Waals surface area contributed by atoms with Crippen LogP contribution in [0.25, 0.3) is 5.69 Å². The second kappa shape index (κ2) is 4.74. The molecule has 0 saturated heterocycles. The summed E-state index contributed by atoms with van der Waals surface area (Å²) in [6.45, 7) is 8.65. The standard InChI is InChI=1S/C15H20N2/c1-5-13-6-8-14(9-7-13)17-10-15(11(2)3)12(4)16-17/h6-11H,5H2,1-4H3. The molecule has 0 radical (unpaired) electrons. The molecule has 2 rings (SSSR count). The minimum absolute atomic E-state index is 0.527. The van der Waals surface area contributed by atoms with Crippen molar-refractivity contribution in [3.8, 4) is 5.69 Å². The third kappa shape index (κ3) is 2.41. The maximum atomic E-state index is 4.57. The Kier molecular flexibility index (Phi) is 3.32. The molecule has 1 aromatic carbocycles. The zero-order valence-corrected chi connectivity index (χ0v) is 11.1. The van der Waals surface area contributed by atoms with Gasteiger partial charge in [0.05, 0.1) is 11.4 Å². The fourth-order valence-corrected chi connectivity index (χ4v) is 2.06. The summed E-state index contributed by atoms with van der Waals surface area (Å²) in [5.41, 5.74) is 4.95. The minimum Gasteiger partial charge on any atom is -0.240 e. The van der Waals surface area contributed by atoms with Crippen molar-refractivity contribution in [1.29, 1.82) is 0 Å². The lowest BCUT2D eigenvalue weighted by Crippen LogP contribution is -1.94. The van der Waals surface area contributed by atoms with Gasteiger partial charge >= 0.3 is 0 Å². The molecular weight excluding hydrogens is 208 g/mol. The largest absolute Gasteiger partial charge is 0.240 e. The highest BCUT2D eigenvalue weighted by molar-refractivity contribution is 5.36. The lowest BCUT2D eigenvalue weighted by molar-refractivity contribution is 0.857. The number of aromatic nitrogens is 2. The van der Waals surface area contributed by atoms with Crippen molar-refractivity contribution in [3.05, 3.63) is 47.3 Å². The molecule has 0 N–H and O–H groups in total. The van der Waals surface area contributed by atoms with Crippen LogP contribution in [-0.4, -0.2) is 9.78 Å². The van der Waals surface area contributed by atoms with E-state index in [0.29, 0.717) is 5.92 Å². The second-order valence-electron chi connectivity index (χ2n) is 4.79. The van der Waals surface area contributed by atoms with Crippen LogP contribution in [0.1, 0.15) is 43.5 Å². The Morgan fingerprint density at radius 3 is 2.29 bits per heavy atom. The normalized spacial score (nSPS) is 11.1. The van der Waals surface area contributed by atoms with Crippen molar-refractivity contribution in [2.24, 2.45) is 0 Å². The molecule has 0 saturated carbocycles. The smallest absolute Gasteiger partial charge is 0.0645 e. The van der Waals surface area contributed by atoms with E-state index in [1.54, 1.807) is 0 Å². The molecular formula is C15H20N2. The molecule has 1 heterocycles. The summed E-state index contributed by atoms with van der Waals surface area (Å²) in [5, 5.41) is 4.57. The Labute approximate surface area is 103 Å². The molecule has 0 amide bonds. The summed E-state index contributed by atoms with van der Waals surface area (Å²) in [7, 11) is 0. The van der Waals surface area contributed by atoms with Gasteiger partial charge in [0.1, 0.15) is 0 Å². The number of rotatable bonds is 3. The van der Waals surface area contributed by atoms with Crippen LogP contribution in [0.5, 0.6) is 0 Å². The molecule has 2 heteroatoms. The summed E-state index contributed by atoms with van der Waals surface area (Å²) < 4.78 is 1.98. The molecule has 0 aliphatic rings. The molecule has 0 fully saturated rings. The first-order valence-corrected chi connectivity index (χ1v) is 6.27. The van der Waals surface area contributed by atoms with E-state index in [9.17, 15) is 0 Å². The average Bonchev–Trinajstić information content (AvgIpc) is 2.71. The molecule has 0 spiro atoms. The van der Waals surface area contributed by atoms with E-state index in [0.717, 1.165) is 17.8 Å². The van der Waals surface area contributed by atoms with E-state index in [4.69, 9.17) is 0 Å². The van der Waals surface area contributed by atoms with Crippen LogP contribution in [0.2, 0.25) is 0 Å². The van der Waals surface area contributed by atoms with Crippen LogP contribution in [0.4, 0.5) is 0 Å². The highest BCUT2D eigenvalue weighted by Crippen LogP contribution is 2.20. The topological polar surface area (TPSA) is 17.8 Å². The Hall–Kier alpha value is -1.57. The van der Waals surface area contributed by atoms with Crippen molar-refractivity contribution in [2.75, 3.05) is 0 Å². The SMILES string of the molecule is CCc1ccc(-n2cc(C(C)C)c(C)n2)cc1. The van der Waals surface area contributed by atoms with Crippen LogP contribution in [0, 0.1) is 6.92 Å². The van der Waals surface area contributed by atoms with E-state index in [-0.39, 0.29) is 0 Å². The first-order valence-electron chi connectivity index (χ1n) is 6.27. The van der Waals surface area contributed by atoms with Gasteiger partial charge in [-0.1, -0.05) is 32.9 Å². The van der Waals surface area contributed by atoms with E-state index in [2.05, 4.69) is 63.3 Å². The molecule has 0 aliphatic heterocycles. The van der Waals surface area contributed by atoms with Crippen molar-refractivity contribution >= 4 is 0 Å². The van der Waals surface area contributed by atoms with Gasteiger partial charge in [-0.3, -0.25) is 0 Å². The highest BCUT2D eigenvalue weighted by atomic mass is 15.3. The average molecular weight is 228 g/mol. The van der Waals surface area contributed by atoms with Crippen LogP contribution >= 0.6 is 0 Å². The molecule has 90 valence electrons. The zero-order chi connectivity index (χ0) is 12.4. The van der Waals surface area contributed by atoms with Crippen molar-refractivity contribution in [2.45, 2.75) is 40.0 Å². The van der Waals surface area contributed by atoms with Gasteiger partial charge in [0.2, 0.25) is 0 Å². The zero-order valence-electron chi connectivity index (χ0n) is 11.1.